The number of benzene rings is 1. The van der Waals surface area contributed by atoms with Crippen molar-refractivity contribution < 1.29 is 4.79 Å². The number of aryl methyl sites for hydroxylation is 2. The molecule has 1 amide bonds. The Morgan fingerprint density at radius 2 is 1.82 bits per heavy atom. The van der Waals surface area contributed by atoms with Crippen LogP contribution < -0.4 is 16.6 Å². The van der Waals surface area contributed by atoms with Gasteiger partial charge in [-0.2, -0.15) is 5.10 Å². The fourth-order valence-electron chi connectivity index (χ4n) is 2.25. The van der Waals surface area contributed by atoms with Crippen LogP contribution in [-0.2, 0) is 14.1 Å². The molecule has 3 rings (SSSR count). The molecule has 0 spiro atoms. The molecule has 2 N–H and O–H groups in total. The summed E-state index contributed by atoms with van der Waals surface area (Å²) in [6.07, 6.45) is 0. The number of carbonyl (C=O) groups is 1. The van der Waals surface area contributed by atoms with Gasteiger partial charge in [0.15, 0.2) is 0 Å². The van der Waals surface area contributed by atoms with Gasteiger partial charge in [-0.3, -0.25) is 18.7 Å². The van der Waals surface area contributed by atoms with E-state index < -0.39 is 5.91 Å². The minimum atomic E-state index is -0.448. The van der Waals surface area contributed by atoms with Crippen LogP contribution in [0.4, 0.5) is 5.69 Å². The third kappa shape index (κ3) is 2.20. The number of hydrogen-bond acceptors (Lipinski definition) is 4. The van der Waals surface area contributed by atoms with E-state index in [4.69, 9.17) is 0 Å². The Labute approximate surface area is 124 Å². The number of H-pyrrole nitrogens is 1. The summed E-state index contributed by atoms with van der Waals surface area (Å²) in [5, 5.41) is 8.54. The van der Waals surface area contributed by atoms with Crippen LogP contribution in [0.2, 0.25) is 0 Å². The lowest BCUT2D eigenvalue weighted by atomic mass is 10.2. The van der Waals surface area contributed by atoms with Gasteiger partial charge in [0, 0.05) is 25.8 Å². The Kier molecular flexibility index (Phi) is 3.13. The average Bonchev–Trinajstić information content (AvgIpc) is 2.72. The second-order valence-electron chi connectivity index (χ2n) is 4.86. The third-order valence-electron chi connectivity index (χ3n) is 3.44. The van der Waals surface area contributed by atoms with E-state index in [1.807, 2.05) is 0 Å². The Bertz CT molecular complexity index is 975. The molecule has 0 saturated carbocycles. The van der Waals surface area contributed by atoms with Crippen LogP contribution in [0.5, 0.6) is 0 Å². The number of amides is 1. The summed E-state index contributed by atoms with van der Waals surface area (Å²) in [6.45, 7) is 0. The lowest BCUT2D eigenvalue weighted by Crippen LogP contribution is -2.19. The molecule has 2 aromatic heterocycles. The number of fused-ring (bicyclic) bond motifs is 1. The van der Waals surface area contributed by atoms with Crippen molar-refractivity contribution in [3.63, 3.8) is 0 Å². The number of imidazole rings is 1. The van der Waals surface area contributed by atoms with E-state index in [9.17, 15) is 14.4 Å². The lowest BCUT2D eigenvalue weighted by molar-refractivity contribution is 0.102. The number of aromatic amines is 1. The molecule has 0 saturated heterocycles. The van der Waals surface area contributed by atoms with Crippen LogP contribution in [0.1, 0.15) is 10.5 Å². The summed E-state index contributed by atoms with van der Waals surface area (Å²) in [5.74, 6) is -0.448. The zero-order valence-electron chi connectivity index (χ0n) is 12.0. The number of aromatic nitrogens is 4. The van der Waals surface area contributed by atoms with Crippen LogP contribution in [0.15, 0.2) is 39.9 Å². The van der Waals surface area contributed by atoms with Gasteiger partial charge >= 0.3 is 5.69 Å². The Balaban J connectivity index is 1.96. The molecule has 0 bridgehead atoms. The molecule has 0 atom stereocenters. The highest BCUT2D eigenvalue weighted by Gasteiger charge is 2.11. The Hall–Kier alpha value is -3.16. The van der Waals surface area contributed by atoms with Crippen molar-refractivity contribution in [1.82, 2.24) is 19.3 Å². The van der Waals surface area contributed by atoms with Gasteiger partial charge in [0.25, 0.3) is 11.5 Å². The van der Waals surface area contributed by atoms with Crippen LogP contribution >= 0.6 is 0 Å². The molecule has 8 nitrogen and oxygen atoms in total. The highest BCUT2D eigenvalue weighted by atomic mass is 16.2. The van der Waals surface area contributed by atoms with Gasteiger partial charge in [-0.1, -0.05) is 0 Å². The van der Waals surface area contributed by atoms with Crippen molar-refractivity contribution in [3.8, 4) is 0 Å². The zero-order chi connectivity index (χ0) is 15.9. The summed E-state index contributed by atoms with van der Waals surface area (Å²) in [5.41, 5.74) is 1.60. The number of nitrogens with zero attached hydrogens (tertiary/aromatic N) is 3. The van der Waals surface area contributed by atoms with Gasteiger partial charge in [0.05, 0.1) is 11.0 Å². The minimum Gasteiger partial charge on any atom is -0.321 e. The first-order valence-corrected chi connectivity index (χ1v) is 6.50. The number of carbonyl (C=O) groups excluding carboxylic acids is 1. The second-order valence-corrected chi connectivity index (χ2v) is 4.86. The molecule has 0 fully saturated rings. The molecule has 0 aliphatic heterocycles. The maximum Gasteiger partial charge on any atom is 0.328 e. The van der Waals surface area contributed by atoms with Gasteiger partial charge in [0.2, 0.25) is 0 Å². The molecule has 2 heterocycles. The Morgan fingerprint density at radius 3 is 2.50 bits per heavy atom. The monoisotopic (exact) mass is 299 g/mol. The first-order valence-electron chi connectivity index (χ1n) is 6.50. The third-order valence-corrected chi connectivity index (χ3v) is 3.44. The smallest absolute Gasteiger partial charge is 0.321 e. The van der Waals surface area contributed by atoms with E-state index in [1.54, 1.807) is 32.3 Å². The SMILES string of the molecule is Cn1c(=O)n(C)c2cc(NC(=O)c3ccc(=O)[nH]n3)ccc21. The Morgan fingerprint density at radius 1 is 1.09 bits per heavy atom. The molecule has 0 aliphatic rings. The molecule has 112 valence electrons. The second kappa shape index (κ2) is 4.99. The van der Waals surface area contributed by atoms with Gasteiger partial charge < -0.3 is 5.32 Å². The number of anilines is 1. The van der Waals surface area contributed by atoms with Crippen molar-refractivity contribution in [1.29, 1.82) is 0 Å². The largest absolute Gasteiger partial charge is 0.328 e. The van der Waals surface area contributed by atoms with Crippen molar-refractivity contribution in [2.24, 2.45) is 14.1 Å². The molecule has 8 heteroatoms. The van der Waals surface area contributed by atoms with Crippen LogP contribution in [0.25, 0.3) is 11.0 Å². The quantitative estimate of drug-likeness (QED) is 0.706. The molecule has 0 aliphatic carbocycles. The molecule has 1 aromatic carbocycles. The average molecular weight is 299 g/mol. The van der Waals surface area contributed by atoms with Crippen molar-refractivity contribution in [2.45, 2.75) is 0 Å². The maximum absolute atomic E-state index is 12.0. The molecular weight excluding hydrogens is 286 g/mol. The maximum atomic E-state index is 12.0. The fraction of sp³-hybridized carbons (Fsp3) is 0.143. The fourth-order valence-corrected chi connectivity index (χ4v) is 2.25. The standard InChI is InChI=1S/C14H13N5O3/c1-18-10-5-3-8(7-11(10)19(2)14(18)22)15-13(21)9-4-6-12(20)17-16-9/h3-7H,1-2H3,(H,15,21)(H,17,20). The zero-order valence-corrected chi connectivity index (χ0v) is 12.0. The van der Waals surface area contributed by atoms with E-state index in [0.29, 0.717) is 11.2 Å². The molecule has 3 aromatic rings. The molecule has 0 radical (unpaired) electrons. The van der Waals surface area contributed by atoms with Crippen molar-refractivity contribution in [3.05, 3.63) is 56.9 Å². The molecule has 22 heavy (non-hydrogen) atoms. The first-order chi connectivity index (χ1) is 10.5. The topological polar surface area (TPSA) is 102 Å². The van der Waals surface area contributed by atoms with Crippen LogP contribution in [0.3, 0.4) is 0 Å². The molecular formula is C14H13N5O3. The normalized spacial score (nSPS) is 10.8. The minimum absolute atomic E-state index is 0.0987. The predicted molar refractivity (Wildman–Crippen MR) is 81.0 cm³/mol. The number of rotatable bonds is 2. The van der Waals surface area contributed by atoms with Crippen LogP contribution in [-0.4, -0.2) is 25.2 Å². The highest BCUT2D eigenvalue weighted by molar-refractivity contribution is 6.03. The van der Waals surface area contributed by atoms with E-state index in [-0.39, 0.29) is 16.9 Å². The summed E-state index contributed by atoms with van der Waals surface area (Å²) < 4.78 is 3.04. The summed E-state index contributed by atoms with van der Waals surface area (Å²) >= 11 is 0. The van der Waals surface area contributed by atoms with Crippen LogP contribution in [0, 0.1) is 0 Å². The van der Waals surface area contributed by atoms with E-state index in [0.717, 1.165) is 5.52 Å². The van der Waals surface area contributed by atoms with Crippen molar-refractivity contribution in [2.75, 3.05) is 5.32 Å². The predicted octanol–water partition coefficient (Wildman–Crippen LogP) is 0.213. The molecule has 0 unspecified atom stereocenters. The first kappa shape index (κ1) is 13.8. The number of hydrogen-bond donors (Lipinski definition) is 2. The van der Waals surface area contributed by atoms with Gasteiger partial charge in [-0.25, -0.2) is 9.89 Å². The van der Waals surface area contributed by atoms with E-state index in [1.165, 1.54) is 21.3 Å². The summed E-state index contributed by atoms with van der Waals surface area (Å²) in [6, 6.07) is 7.73. The lowest BCUT2D eigenvalue weighted by Gasteiger charge is -2.05. The summed E-state index contributed by atoms with van der Waals surface area (Å²) in [4.78, 5) is 34.9. The van der Waals surface area contributed by atoms with Gasteiger partial charge in [0.1, 0.15) is 5.69 Å². The van der Waals surface area contributed by atoms with Gasteiger partial charge in [-0.15, -0.1) is 0 Å². The summed E-state index contributed by atoms with van der Waals surface area (Å²) in [7, 11) is 3.35. The highest BCUT2D eigenvalue weighted by Crippen LogP contribution is 2.17. The number of nitrogens with one attached hydrogen (secondary N) is 2. The van der Waals surface area contributed by atoms with E-state index >= 15 is 0 Å². The van der Waals surface area contributed by atoms with Crippen molar-refractivity contribution >= 4 is 22.6 Å². The van der Waals surface area contributed by atoms with Gasteiger partial charge in [-0.05, 0) is 24.3 Å². The van der Waals surface area contributed by atoms with E-state index in [2.05, 4.69) is 15.5 Å².